The predicted octanol–water partition coefficient (Wildman–Crippen LogP) is 0.0516. The van der Waals surface area contributed by atoms with Gasteiger partial charge in [0.25, 0.3) is 0 Å². The number of piperidine rings is 1. The number of hydrogen-bond acceptors (Lipinski definition) is 4. The van der Waals surface area contributed by atoms with Crippen LogP contribution in [-0.2, 0) is 16.6 Å². The fourth-order valence-corrected chi connectivity index (χ4v) is 2.98. The second kappa shape index (κ2) is 6.34. The minimum absolute atomic E-state index is 0.0286. The molecule has 1 aliphatic heterocycles. The molecule has 2 heterocycles. The molecule has 0 aliphatic carbocycles. The standard InChI is InChI=1S/C17H17N3O4/c1-19-15-11(5-2-3-10-21)6-4-7-12(15)20(17(19)24)13-8-9-14(22)18-16(13)23/h4,6-7,13,21H,3,8-10H2,1H3,(H,18,22,23). The average Bonchev–Trinajstić information content (AvgIpc) is 2.81. The molecule has 1 aliphatic rings. The maximum atomic E-state index is 12.7. The zero-order chi connectivity index (χ0) is 17.3. The lowest BCUT2D eigenvalue weighted by atomic mass is 10.1. The third kappa shape index (κ3) is 2.61. The van der Waals surface area contributed by atoms with Crippen molar-refractivity contribution in [2.45, 2.75) is 25.3 Å². The smallest absolute Gasteiger partial charge is 0.329 e. The summed E-state index contributed by atoms with van der Waals surface area (Å²) >= 11 is 0. The number of aliphatic hydroxyl groups excluding tert-OH is 1. The fraction of sp³-hybridized carbons (Fsp3) is 0.353. The summed E-state index contributed by atoms with van der Waals surface area (Å²) in [4.78, 5) is 36.2. The van der Waals surface area contributed by atoms with Crippen molar-refractivity contribution < 1.29 is 14.7 Å². The zero-order valence-electron chi connectivity index (χ0n) is 13.2. The molecule has 1 saturated heterocycles. The molecule has 0 bridgehead atoms. The van der Waals surface area contributed by atoms with E-state index in [1.165, 1.54) is 9.13 Å². The van der Waals surface area contributed by atoms with Crippen molar-refractivity contribution in [1.29, 1.82) is 0 Å². The van der Waals surface area contributed by atoms with Crippen LogP contribution in [0, 0.1) is 11.8 Å². The van der Waals surface area contributed by atoms with Crippen LogP contribution in [0.1, 0.15) is 30.9 Å². The number of nitrogens with zero attached hydrogens (tertiary/aromatic N) is 2. The average molecular weight is 327 g/mol. The Morgan fingerprint density at radius 3 is 2.83 bits per heavy atom. The van der Waals surface area contributed by atoms with Gasteiger partial charge in [0.1, 0.15) is 6.04 Å². The predicted molar refractivity (Wildman–Crippen MR) is 87.2 cm³/mol. The fourth-order valence-electron chi connectivity index (χ4n) is 2.98. The van der Waals surface area contributed by atoms with E-state index in [0.717, 1.165) is 0 Å². The van der Waals surface area contributed by atoms with Crippen molar-refractivity contribution in [2.24, 2.45) is 7.05 Å². The van der Waals surface area contributed by atoms with Crippen molar-refractivity contribution in [2.75, 3.05) is 6.61 Å². The van der Waals surface area contributed by atoms with E-state index >= 15 is 0 Å². The third-order valence-electron chi connectivity index (χ3n) is 4.08. The molecule has 0 radical (unpaired) electrons. The normalized spacial score (nSPS) is 17.5. The van der Waals surface area contributed by atoms with E-state index in [2.05, 4.69) is 17.2 Å². The Balaban J connectivity index is 2.17. The molecule has 1 fully saturated rings. The molecule has 1 aromatic carbocycles. The van der Waals surface area contributed by atoms with Gasteiger partial charge in [-0.1, -0.05) is 17.9 Å². The molecule has 3 rings (SSSR count). The van der Waals surface area contributed by atoms with Crippen molar-refractivity contribution >= 4 is 22.8 Å². The summed E-state index contributed by atoms with van der Waals surface area (Å²) in [6.07, 6.45) is 0.845. The number of hydrogen-bond donors (Lipinski definition) is 2. The van der Waals surface area contributed by atoms with Crippen LogP contribution in [0.3, 0.4) is 0 Å². The van der Waals surface area contributed by atoms with Gasteiger partial charge in [-0.05, 0) is 18.6 Å². The molecule has 2 aromatic rings. The Bertz CT molecular complexity index is 942. The number of para-hydroxylation sites is 1. The summed E-state index contributed by atoms with van der Waals surface area (Å²) < 4.78 is 2.89. The van der Waals surface area contributed by atoms with Crippen LogP contribution < -0.4 is 11.0 Å². The van der Waals surface area contributed by atoms with Gasteiger partial charge in [0.2, 0.25) is 11.8 Å². The Labute approximate surface area is 137 Å². The number of carbonyl (C=O) groups excluding carboxylic acids is 2. The van der Waals surface area contributed by atoms with Crippen molar-refractivity contribution in [3.63, 3.8) is 0 Å². The Hall–Kier alpha value is -2.85. The van der Waals surface area contributed by atoms with Gasteiger partial charge in [-0.2, -0.15) is 0 Å². The van der Waals surface area contributed by atoms with E-state index in [4.69, 9.17) is 5.11 Å². The first-order valence-corrected chi connectivity index (χ1v) is 7.68. The second-order valence-corrected chi connectivity index (χ2v) is 5.63. The molecule has 0 spiro atoms. The number of amides is 2. The number of aryl methyl sites for hydroxylation is 1. The lowest BCUT2D eigenvalue weighted by molar-refractivity contribution is -0.135. The highest BCUT2D eigenvalue weighted by Gasteiger charge is 2.31. The highest BCUT2D eigenvalue weighted by molar-refractivity contribution is 6.00. The molecule has 124 valence electrons. The second-order valence-electron chi connectivity index (χ2n) is 5.63. The molecule has 1 aromatic heterocycles. The summed E-state index contributed by atoms with van der Waals surface area (Å²) in [6, 6.07) is 4.62. The van der Waals surface area contributed by atoms with Gasteiger partial charge in [0, 0.05) is 19.9 Å². The van der Waals surface area contributed by atoms with Crippen LogP contribution in [0.25, 0.3) is 11.0 Å². The SMILES string of the molecule is Cn1c(=O)n(C2CCC(=O)NC2=O)c2cccc(C#CCCO)c21. The molecular formula is C17H17N3O4. The van der Waals surface area contributed by atoms with Gasteiger partial charge in [0.05, 0.1) is 23.2 Å². The number of nitrogens with one attached hydrogen (secondary N) is 1. The number of rotatable bonds is 2. The number of fused-ring (bicyclic) bond motifs is 1. The number of imidazole rings is 1. The topological polar surface area (TPSA) is 93.3 Å². The summed E-state index contributed by atoms with van der Waals surface area (Å²) in [5.41, 5.74) is 1.58. The first-order valence-electron chi connectivity index (χ1n) is 7.68. The lowest BCUT2D eigenvalue weighted by Gasteiger charge is -2.21. The monoisotopic (exact) mass is 327 g/mol. The molecule has 24 heavy (non-hydrogen) atoms. The highest BCUT2D eigenvalue weighted by Crippen LogP contribution is 2.24. The van der Waals surface area contributed by atoms with E-state index in [-0.39, 0.29) is 24.6 Å². The van der Waals surface area contributed by atoms with Gasteiger partial charge in [-0.3, -0.25) is 24.0 Å². The number of imide groups is 1. The van der Waals surface area contributed by atoms with Crippen molar-refractivity contribution in [1.82, 2.24) is 14.5 Å². The maximum Gasteiger partial charge on any atom is 0.329 e. The molecule has 2 amide bonds. The third-order valence-corrected chi connectivity index (χ3v) is 4.08. The van der Waals surface area contributed by atoms with Crippen LogP contribution in [0.2, 0.25) is 0 Å². The van der Waals surface area contributed by atoms with Crippen molar-refractivity contribution in [3.05, 3.63) is 34.2 Å². The molecule has 2 N–H and O–H groups in total. The van der Waals surface area contributed by atoms with Gasteiger partial charge >= 0.3 is 5.69 Å². The van der Waals surface area contributed by atoms with Gasteiger partial charge in [-0.25, -0.2) is 4.79 Å². The van der Waals surface area contributed by atoms with Crippen LogP contribution in [-0.4, -0.2) is 32.7 Å². The minimum atomic E-state index is -0.709. The summed E-state index contributed by atoms with van der Waals surface area (Å²) in [6.45, 7) is -0.0286. The maximum absolute atomic E-state index is 12.7. The summed E-state index contributed by atoms with van der Waals surface area (Å²) in [5.74, 6) is 5.02. The molecular weight excluding hydrogens is 310 g/mol. The first kappa shape index (κ1) is 16.0. The molecule has 0 saturated carbocycles. The molecule has 1 atom stereocenters. The van der Waals surface area contributed by atoms with E-state index in [0.29, 0.717) is 29.4 Å². The van der Waals surface area contributed by atoms with Crippen LogP contribution in [0.5, 0.6) is 0 Å². The number of aliphatic hydroxyl groups is 1. The largest absolute Gasteiger partial charge is 0.395 e. The quantitative estimate of drug-likeness (QED) is 0.602. The van der Waals surface area contributed by atoms with E-state index in [9.17, 15) is 14.4 Å². The number of benzene rings is 1. The Morgan fingerprint density at radius 2 is 2.12 bits per heavy atom. The van der Waals surface area contributed by atoms with E-state index in [1.54, 1.807) is 25.2 Å². The molecule has 1 unspecified atom stereocenters. The zero-order valence-corrected chi connectivity index (χ0v) is 13.2. The summed E-state index contributed by atoms with van der Waals surface area (Å²) in [7, 11) is 1.63. The Morgan fingerprint density at radius 1 is 1.33 bits per heavy atom. The lowest BCUT2D eigenvalue weighted by Crippen LogP contribution is -2.44. The van der Waals surface area contributed by atoms with Crippen LogP contribution in [0.4, 0.5) is 0 Å². The molecule has 7 nitrogen and oxygen atoms in total. The van der Waals surface area contributed by atoms with E-state index in [1.807, 2.05) is 0 Å². The van der Waals surface area contributed by atoms with Crippen LogP contribution >= 0.6 is 0 Å². The van der Waals surface area contributed by atoms with Gasteiger partial charge < -0.3 is 5.11 Å². The summed E-state index contributed by atoms with van der Waals surface area (Å²) in [5, 5.41) is 11.1. The number of carbonyl (C=O) groups is 2. The minimum Gasteiger partial charge on any atom is -0.395 e. The van der Waals surface area contributed by atoms with Gasteiger partial charge in [0.15, 0.2) is 0 Å². The van der Waals surface area contributed by atoms with E-state index < -0.39 is 11.9 Å². The Kier molecular flexibility index (Phi) is 4.23. The highest BCUT2D eigenvalue weighted by atomic mass is 16.3. The van der Waals surface area contributed by atoms with Gasteiger partial charge in [-0.15, -0.1) is 0 Å². The molecule has 7 heteroatoms. The van der Waals surface area contributed by atoms with Crippen LogP contribution in [0.15, 0.2) is 23.0 Å². The first-order chi connectivity index (χ1) is 11.5. The van der Waals surface area contributed by atoms with Crippen molar-refractivity contribution in [3.8, 4) is 11.8 Å². The number of aromatic nitrogens is 2.